The van der Waals surface area contributed by atoms with Crippen molar-refractivity contribution in [3.05, 3.63) is 70.0 Å². The number of carbonyl (C=O) groups is 2. The molecule has 1 aliphatic heterocycles. The quantitative estimate of drug-likeness (QED) is 0.617. The predicted molar refractivity (Wildman–Crippen MR) is 125 cm³/mol. The van der Waals surface area contributed by atoms with E-state index in [4.69, 9.17) is 11.6 Å². The average Bonchev–Trinajstić information content (AvgIpc) is 3.16. The Kier molecular flexibility index (Phi) is 6.28. The monoisotopic (exact) mass is 451 g/mol. The molecule has 2 heterocycles. The zero-order valence-corrected chi connectivity index (χ0v) is 19.2. The Bertz CT molecular complexity index is 1170. The number of nitrogens with one attached hydrogen (secondary N) is 1. The lowest BCUT2D eigenvalue weighted by Crippen LogP contribution is -2.42. The summed E-state index contributed by atoms with van der Waals surface area (Å²) in [6, 6.07) is 12.8. The van der Waals surface area contributed by atoms with Crippen LogP contribution < -0.4 is 5.32 Å². The Balaban J connectivity index is 1.51. The molecule has 32 heavy (non-hydrogen) atoms. The molecule has 1 N–H and O–H groups in total. The first-order valence-electron chi connectivity index (χ1n) is 10.8. The molecule has 0 aliphatic carbocycles. The topological polar surface area (TPSA) is 80.1 Å². The fourth-order valence-corrected chi connectivity index (χ4v) is 4.26. The summed E-state index contributed by atoms with van der Waals surface area (Å²) in [6.45, 7) is 6.54. The van der Waals surface area contributed by atoms with Gasteiger partial charge >= 0.3 is 0 Å². The van der Waals surface area contributed by atoms with Gasteiger partial charge in [-0.25, -0.2) is 4.68 Å². The van der Waals surface area contributed by atoms with E-state index in [1.807, 2.05) is 30.0 Å². The number of aromatic nitrogens is 3. The molecule has 1 atom stereocenters. The second kappa shape index (κ2) is 9.12. The number of aryl methyl sites for hydroxylation is 1. The summed E-state index contributed by atoms with van der Waals surface area (Å²) in [4.78, 5) is 27.7. The van der Waals surface area contributed by atoms with E-state index >= 15 is 0 Å². The minimum absolute atomic E-state index is 0.0403. The highest BCUT2D eigenvalue weighted by Crippen LogP contribution is 2.23. The van der Waals surface area contributed by atoms with E-state index in [0.717, 1.165) is 37.1 Å². The molecule has 2 aromatic carbocycles. The maximum absolute atomic E-state index is 12.9. The Morgan fingerprint density at radius 1 is 1.12 bits per heavy atom. The van der Waals surface area contributed by atoms with Gasteiger partial charge in [0.2, 0.25) is 0 Å². The number of hydrogen-bond acceptors (Lipinski definition) is 4. The van der Waals surface area contributed by atoms with E-state index in [9.17, 15) is 9.59 Å². The molecule has 8 heteroatoms. The zero-order valence-electron chi connectivity index (χ0n) is 18.4. The van der Waals surface area contributed by atoms with E-state index in [2.05, 4.69) is 22.6 Å². The average molecular weight is 452 g/mol. The summed E-state index contributed by atoms with van der Waals surface area (Å²) < 4.78 is 1.58. The lowest BCUT2D eigenvalue weighted by molar-refractivity contribution is 0.0635. The van der Waals surface area contributed by atoms with Gasteiger partial charge in [0.25, 0.3) is 11.8 Å². The Labute approximate surface area is 192 Å². The third kappa shape index (κ3) is 4.39. The lowest BCUT2D eigenvalue weighted by atomic mass is 10.0. The number of rotatable bonds is 4. The van der Waals surface area contributed by atoms with Gasteiger partial charge in [-0.2, -0.15) is 0 Å². The Morgan fingerprint density at radius 3 is 2.66 bits per heavy atom. The van der Waals surface area contributed by atoms with Crippen molar-refractivity contribution in [1.29, 1.82) is 0 Å². The number of benzene rings is 2. The highest BCUT2D eigenvalue weighted by atomic mass is 35.5. The van der Waals surface area contributed by atoms with Crippen molar-refractivity contribution >= 4 is 29.1 Å². The van der Waals surface area contributed by atoms with Gasteiger partial charge in [-0.05, 0) is 82.0 Å². The molecule has 0 radical (unpaired) electrons. The number of carbonyl (C=O) groups excluding carboxylic acids is 2. The Hall–Kier alpha value is -3.19. The number of likely N-dealkylation sites (tertiary alicyclic amines) is 1. The van der Waals surface area contributed by atoms with Gasteiger partial charge in [0.15, 0.2) is 5.69 Å². The smallest absolute Gasteiger partial charge is 0.278 e. The van der Waals surface area contributed by atoms with Gasteiger partial charge in [0.1, 0.15) is 0 Å². The van der Waals surface area contributed by atoms with Crippen molar-refractivity contribution < 1.29 is 9.59 Å². The van der Waals surface area contributed by atoms with Crippen LogP contribution >= 0.6 is 11.6 Å². The highest BCUT2D eigenvalue weighted by molar-refractivity contribution is 6.30. The summed E-state index contributed by atoms with van der Waals surface area (Å²) in [5.74, 6) is -0.318. The van der Waals surface area contributed by atoms with Crippen molar-refractivity contribution in [2.24, 2.45) is 0 Å². The van der Waals surface area contributed by atoms with Crippen LogP contribution in [-0.4, -0.2) is 44.3 Å². The van der Waals surface area contributed by atoms with Crippen molar-refractivity contribution in [3.8, 4) is 5.69 Å². The minimum atomic E-state index is -0.359. The maximum Gasteiger partial charge on any atom is 0.278 e. The molecule has 1 unspecified atom stereocenters. The van der Waals surface area contributed by atoms with Crippen LogP contribution in [0.25, 0.3) is 5.69 Å². The molecule has 4 rings (SSSR count). The molecule has 2 amide bonds. The molecule has 3 aromatic rings. The number of anilines is 1. The second-order valence-electron chi connectivity index (χ2n) is 8.24. The summed E-state index contributed by atoms with van der Waals surface area (Å²) in [6.07, 6.45) is 3.24. The molecule has 0 bridgehead atoms. The van der Waals surface area contributed by atoms with Crippen molar-refractivity contribution in [2.45, 2.75) is 46.1 Å². The molecule has 0 spiro atoms. The summed E-state index contributed by atoms with van der Waals surface area (Å²) in [5.41, 5.74) is 3.65. The number of halogens is 1. The number of hydrogen-bond donors (Lipinski definition) is 1. The largest absolute Gasteiger partial charge is 0.336 e. The minimum Gasteiger partial charge on any atom is -0.336 e. The van der Waals surface area contributed by atoms with Crippen LogP contribution in [0.5, 0.6) is 0 Å². The molecule has 1 aromatic heterocycles. The van der Waals surface area contributed by atoms with Crippen LogP contribution in [0, 0.1) is 13.8 Å². The third-order valence-corrected chi connectivity index (χ3v) is 6.18. The third-order valence-electron chi connectivity index (χ3n) is 5.95. The van der Waals surface area contributed by atoms with Gasteiger partial charge < -0.3 is 10.2 Å². The maximum atomic E-state index is 12.9. The summed E-state index contributed by atoms with van der Waals surface area (Å²) >= 11 is 6.07. The van der Waals surface area contributed by atoms with E-state index in [1.165, 1.54) is 0 Å². The lowest BCUT2D eigenvalue weighted by Gasteiger charge is -2.33. The van der Waals surface area contributed by atoms with E-state index in [0.29, 0.717) is 22.0 Å². The van der Waals surface area contributed by atoms with Crippen LogP contribution in [0.3, 0.4) is 0 Å². The standard InChI is InChI=1S/C24H26ClN5O2/c1-15-13-18(24(32)29-12-5-4-7-16(29)2)10-11-21(15)26-23(31)22-17(3)30(28-27-22)20-9-6-8-19(25)14-20/h6,8-11,13-14,16H,4-5,7,12H2,1-3H3,(H,26,31). The molecule has 1 fully saturated rings. The molecular formula is C24H26ClN5O2. The Morgan fingerprint density at radius 2 is 1.94 bits per heavy atom. The zero-order chi connectivity index (χ0) is 22.8. The van der Waals surface area contributed by atoms with E-state index in [1.54, 1.807) is 35.9 Å². The summed E-state index contributed by atoms with van der Waals surface area (Å²) in [5, 5.41) is 11.6. The van der Waals surface area contributed by atoms with Crippen molar-refractivity contribution in [3.63, 3.8) is 0 Å². The van der Waals surface area contributed by atoms with Crippen LogP contribution in [0.1, 0.15) is 58.3 Å². The van der Waals surface area contributed by atoms with Crippen LogP contribution in [0.15, 0.2) is 42.5 Å². The van der Waals surface area contributed by atoms with Gasteiger partial charge in [-0.1, -0.05) is 22.9 Å². The van der Waals surface area contributed by atoms with Gasteiger partial charge in [-0.3, -0.25) is 9.59 Å². The molecule has 7 nitrogen and oxygen atoms in total. The SMILES string of the molecule is Cc1cc(C(=O)N2CCCCC2C)ccc1NC(=O)c1nnn(-c2cccc(Cl)c2)c1C. The van der Waals surface area contributed by atoms with Gasteiger partial charge in [-0.15, -0.1) is 5.10 Å². The fourth-order valence-electron chi connectivity index (χ4n) is 4.08. The second-order valence-corrected chi connectivity index (χ2v) is 8.68. The highest BCUT2D eigenvalue weighted by Gasteiger charge is 2.25. The molecule has 1 saturated heterocycles. The fraction of sp³-hybridized carbons (Fsp3) is 0.333. The molecule has 166 valence electrons. The van der Waals surface area contributed by atoms with E-state index in [-0.39, 0.29) is 23.6 Å². The van der Waals surface area contributed by atoms with Crippen molar-refractivity contribution in [1.82, 2.24) is 19.9 Å². The molecule has 0 saturated carbocycles. The molecule has 1 aliphatic rings. The van der Waals surface area contributed by atoms with Gasteiger partial charge in [0, 0.05) is 28.9 Å². The van der Waals surface area contributed by atoms with Crippen molar-refractivity contribution in [2.75, 3.05) is 11.9 Å². The normalized spacial score (nSPS) is 16.1. The van der Waals surface area contributed by atoms with E-state index < -0.39 is 0 Å². The first-order chi connectivity index (χ1) is 15.3. The van der Waals surface area contributed by atoms with Crippen LogP contribution in [0.4, 0.5) is 5.69 Å². The van der Waals surface area contributed by atoms with Gasteiger partial charge in [0.05, 0.1) is 11.4 Å². The van der Waals surface area contributed by atoms with Crippen LogP contribution in [-0.2, 0) is 0 Å². The predicted octanol–water partition coefficient (Wildman–Crippen LogP) is 4.80. The molecular weight excluding hydrogens is 426 g/mol. The van der Waals surface area contributed by atoms with Crippen LogP contribution in [0.2, 0.25) is 5.02 Å². The number of piperidine rings is 1. The first kappa shape index (κ1) is 22.0. The summed E-state index contributed by atoms with van der Waals surface area (Å²) in [7, 11) is 0. The number of amides is 2. The number of nitrogens with zero attached hydrogens (tertiary/aromatic N) is 4. The first-order valence-corrected chi connectivity index (χ1v) is 11.1.